The third-order valence-electron chi connectivity index (χ3n) is 2.06. The Morgan fingerprint density at radius 3 is 2.72 bits per heavy atom. The van der Waals surface area contributed by atoms with Gasteiger partial charge in [-0.3, -0.25) is 0 Å². The van der Waals surface area contributed by atoms with Crippen molar-refractivity contribution in [1.29, 1.82) is 0 Å². The summed E-state index contributed by atoms with van der Waals surface area (Å²) in [7, 11) is 0. The summed E-state index contributed by atoms with van der Waals surface area (Å²) in [4.78, 5) is 22.5. The van der Waals surface area contributed by atoms with E-state index in [9.17, 15) is 4.79 Å². The molecule has 2 heterocycles. The van der Waals surface area contributed by atoms with E-state index in [1.165, 1.54) is 10.9 Å². The normalized spacial score (nSPS) is 11.5. The molecule has 7 heteroatoms. The lowest BCUT2D eigenvalue weighted by atomic mass is 10.2. The lowest BCUT2D eigenvalue weighted by Gasteiger charge is -2.18. The van der Waals surface area contributed by atoms with Crippen molar-refractivity contribution in [3.63, 3.8) is 0 Å². The molecule has 0 aromatic carbocycles. The summed E-state index contributed by atoms with van der Waals surface area (Å²) in [6, 6.07) is 0. The molecule has 18 heavy (non-hydrogen) atoms. The molecule has 0 aliphatic rings. The predicted molar refractivity (Wildman–Crippen MR) is 65.9 cm³/mol. The van der Waals surface area contributed by atoms with Gasteiger partial charge in [0.05, 0.1) is 11.9 Å². The fourth-order valence-corrected chi connectivity index (χ4v) is 1.34. The van der Waals surface area contributed by atoms with Crippen LogP contribution in [-0.4, -0.2) is 31.2 Å². The highest BCUT2D eigenvalue weighted by molar-refractivity contribution is 5.72. The first-order valence-electron chi connectivity index (χ1n) is 5.43. The molecule has 2 aromatic rings. The number of H-pyrrole nitrogens is 1. The first-order valence-corrected chi connectivity index (χ1v) is 5.43. The van der Waals surface area contributed by atoms with Gasteiger partial charge in [0.15, 0.2) is 5.95 Å². The maximum absolute atomic E-state index is 11.8. The Balaban J connectivity index is 2.18. The molecular formula is C11H15N5O2. The van der Waals surface area contributed by atoms with Crippen molar-refractivity contribution in [2.75, 3.05) is 5.73 Å². The van der Waals surface area contributed by atoms with E-state index in [4.69, 9.17) is 10.5 Å². The standard InChI is InChI=1S/C11H15N5O2/c1-11(2,3)18-10(17)16-5-8(14-6-16)7-4-13-9(12)15-7/h4-6H,1-3H3,(H3,12,13,15). The Bertz CT molecular complexity index is 564. The second-order valence-electron chi connectivity index (χ2n) is 4.83. The number of carbonyl (C=O) groups is 1. The van der Waals surface area contributed by atoms with Crippen LogP contribution in [0.5, 0.6) is 0 Å². The molecule has 0 saturated heterocycles. The van der Waals surface area contributed by atoms with Crippen LogP contribution in [0.3, 0.4) is 0 Å². The molecule has 0 bridgehead atoms. The van der Waals surface area contributed by atoms with E-state index in [1.807, 2.05) is 0 Å². The van der Waals surface area contributed by atoms with Gasteiger partial charge in [-0.2, -0.15) is 0 Å². The van der Waals surface area contributed by atoms with Crippen LogP contribution in [0.1, 0.15) is 20.8 Å². The molecule has 3 N–H and O–H groups in total. The van der Waals surface area contributed by atoms with Gasteiger partial charge in [-0.25, -0.2) is 19.3 Å². The molecule has 0 spiro atoms. The van der Waals surface area contributed by atoms with Crippen LogP contribution < -0.4 is 5.73 Å². The lowest BCUT2D eigenvalue weighted by Crippen LogP contribution is -2.26. The van der Waals surface area contributed by atoms with Crippen molar-refractivity contribution in [1.82, 2.24) is 19.5 Å². The Morgan fingerprint density at radius 1 is 1.44 bits per heavy atom. The minimum Gasteiger partial charge on any atom is -0.443 e. The summed E-state index contributed by atoms with van der Waals surface area (Å²) in [5.41, 5.74) is 6.15. The zero-order chi connectivity index (χ0) is 13.3. The SMILES string of the molecule is CC(C)(C)OC(=O)n1cnc(-c2cnc(N)[nH]2)c1. The topological polar surface area (TPSA) is 98.8 Å². The largest absolute Gasteiger partial charge is 0.443 e. The minimum atomic E-state index is -0.542. The number of aromatic nitrogens is 4. The van der Waals surface area contributed by atoms with Crippen LogP contribution in [-0.2, 0) is 4.74 Å². The van der Waals surface area contributed by atoms with E-state index < -0.39 is 11.7 Å². The van der Waals surface area contributed by atoms with Crippen molar-refractivity contribution >= 4 is 12.0 Å². The van der Waals surface area contributed by atoms with Crippen LogP contribution in [0, 0.1) is 0 Å². The molecule has 0 aliphatic heterocycles. The van der Waals surface area contributed by atoms with E-state index in [2.05, 4.69) is 15.0 Å². The van der Waals surface area contributed by atoms with Gasteiger partial charge < -0.3 is 15.5 Å². The maximum atomic E-state index is 11.8. The molecule has 96 valence electrons. The van der Waals surface area contributed by atoms with Crippen molar-refractivity contribution in [2.45, 2.75) is 26.4 Å². The number of nitrogens with two attached hydrogens (primary N) is 1. The average Bonchev–Trinajstić information content (AvgIpc) is 2.82. The zero-order valence-corrected chi connectivity index (χ0v) is 10.5. The Morgan fingerprint density at radius 2 is 2.17 bits per heavy atom. The van der Waals surface area contributed by atoms with Crippen LogP contribution in [0.4, 0.5) is 10.7 Å². The number of carbonyl (C=O) groups excluding carboxylic acids is 1. The number of rotatable bonds is 1. The van der Waals surface area contributed by atoms with Crippen LogP contribution in [0.2, 0.25) is 0 Å². The quantitative estimate of drug-likeness (QED) is 0.800. The van der Waals surface area contributed by atoms with Crippen molar-refractivity contribution in [3.8, 4) is 11.4 Å². The molecule has 0 unspecified atom stereocenters. The minimum absolute atomic E-state index is 0.303. The van der Waals surface area contributed by atoms with E-state index in [1.54, 1.807) is 33.2 Å². The van der Waals surface area contributed by atoms with Crippen LogP contribution >= 0.6 is 0 Å². The van der Waals surface area contributed by atoms with Gasteiger partial charge in [-0.15, -0.1) is 0 Å². The van der Waals surface area contributed by atoms with Crippen molar-refractivity contribution < 1.29 is 9.53 Å². The Hall–Kier alpha value is -2.31. The van der Waals surface area contributed by atoms with Gasteiger partial charge in [-0.05, 0) is 20.8 Å². The number of nitrogens with one attached hydrogen (secondary N) is 1. The Labute approximate surface area is 104 Å². The summed E-state index contributed by atoms with van der Waals surface area (Å²) in [6.45, 7) is 5.41. The highest BCUT2D eigenvalue weighted by Crippen LogP contribution is 2.16. The first kappa shape index (κ1) is 12.2. The van der Waals surface area contributed by atoms with E-state index in [-0.39, 0.29) is 0 Å². The first-order chi connectivity index (χ1) is 8.35. The average molecular weight is 249 g/mol. The molecular weight excluding hydrogens is 234 g/mol. The van der Waals surface area contributed by atoms with E-state index in [0.717, 1.165) is 0 Å². The highest BCUT2D eigenvalue weighted by atomic mass is 16.6. The second-order valence-corrected chi connectivity index (χ2v) is 4.83. The fraction of sp³-hybridized carbons (Fsp3) is 0.364. The number of hydrogen-bond acceptors (Lipinski definition) is 5. The highest BCUT2D eigenvalue weighted by Gasteiger charge is 2.18. The summed E-state index contributed by atoms with van der Waals surface area (Å²) >= 11 is 0. The molecule has 0 radical (unpaired) electrons. The fourth-order valence-electron chi connectivity index (χ4n) is 1.34. The second kappa shape index (κ2) is 4.17. The van der Waals surface area contributed by atoms with Gasteiger partial charge in [-0.1, -0.05) is 0 Å². The zero-order valence-electron chi connectivity index (χ0n) is 10.5. The van der Waals surface area contributed by atoms with Gasteiger partial charge in [0.25, 0.3) is 0 Å². The molecule has 0 saturated carbocycles. The van der Waals surface area contributed by atoms with Crippen molar-refractivity contribution in [3.05, 3.63) is 18.7 Å². The number of nitrogens with zero attached hydrogens (tertiary/aromatic N) is 3. The van der Waals surface area contributed by atoms with Gasteiger partial charge in [0, 0.05) is 6.20 Å². The molecule has 0 amide bonds. The smallest absolute Gasteiger partial charge is 0.419 e. The third kappa shape index (κ3) is 2.68. The number of imidazole rings is 2. The molecule has 2 rings (SSSR count). The summed E-state index contributed by atoms with van der Waals surface area (Å²) < 4.78 is 6.49. The van der Waals surface area contributed by atoms with E-state index >= 15 is 0 Å². The van der Waals surface area contributed by atoms with E-state index in [0.29, 0.717) is 17.3 Å². The summed E-state index contributed by atoms with van der Waals surface area (Å²) in [5.74, 6) is 0.303. The van der Waals surface area contributed by atoms with Crippen LogP contribution in [0.25, 0.3) is 11.4 Å². The van der Waals surface area contributed by atoms with Gasteiger partial charge in [0.1, 0.15) is 17.6 Å². The summed E-state index contributed by atoms with van der Waals surface area (Å²) in [5, 5.41) is 0. The van der Waals surface area contributed by atoms with Crippen molar-refractivity contribution in [2.24, 2.45) is 0 Å². The van der Waals surface area contributed by atoms with Crippen LogP contribution in [0.15, 0.2) is 18.7 Å². The maximum Gasteiger partial charge on any atom is 0.419 e. The number of nitrogen functional groups attached to an aromatic ring is 1. The van der Waals surface area contributed by atoms with Gasteiger partial charge in [0.2, 0.25) is 0 Å². The summed E-state index contributed by atoms with van der Waals surface area (Å²) in [6.07, 6.45) is 4.02. The lowest BCUT2D eigenvalue weighted by molar-refractivity contribution is 0.0536. The molecule has 2 aromatic heterocycles. The number of hydrogen-bond donors (Lipinski definition) is 2. The monoisotopic (exact) mass is 249 g/mol. The Kier molecular flexibility index (Phi) is 2.82. The number of ether oxygens (including phenoxy) is 1. The third-order valence-corrected chi connectivity index (χ3v) is 2.06. The molecule has 0 aliphatic carbocycles. The molecule has 0 atom stereocenters. The molecule has 0 fully saturated rings. The number of anilines is 1. The van der Waals surface area contributed by atoms with Gasteiger partial charge >= 0.3 is 6.09 Å². The number of aromatic amines is 1. The molecule has 7 nitrogen and oxygen atoms in total. The predicted octanol–water partition coefficient (Wildman–Crippen LogP) is 1.64.